The molecule has 1 atom stereocenters. The average molecular weight is 357 g/mol. The van der Waals surface area contributed by atoms with E-state index < -0.39 is 0 Å². The van der Waals surface area contributed by atoms with E-state index in [1.807, 2.05) is 43.3 Å². The van der Waals surface area contributed by atoms with Gasteiger partial charge in [0.05, 0.1) is 6.04 Å². The molecule has 1 heterocycles. The molecule has 0 saturated carbocycles. The molecule has 4 heteroatoms. The predicted molar refractivity (Wildman–Crippen MR) is 103 cm³/mol. The molecule has 1 amide bonds. The first-order chi connectivity index (χ1) is 12.1. The maximum Gasteiger partial charge on any atom is 0.251 e. The van der Waals surface area contributed by atoms with E-state index >= 15 is 0 Å². The van der Waals surface area contributed by atoms with Crippen molar-refractivity contribution in [2.75, 3.05) is 13.1 Å². The van der Waals surface area contributed by atoms with Crippen LogP contribution < -0.4 is 5.32 Å². The maximum absolute atomic E-state index is 12.5. The van der Waals surface area contributed by atoms with Crippen LogP contribution in [0, 0.1) is 0 Å². The van der Waals surface area contributed by atoms with Crippen molar-refractivity contribution >= 4 is 17.5 Å². The topological polar surface area (TPSA) is 32.3 Å². The number of nitrogens with zero attached hydrogens (tertiary/aromatic N) is 1. The highest BCUT2D eigenvalue weighted by atomic mass is 35.5. The number of hydrogen-bond donors (Lipinski definition) is 1. The second-order valence-corrected chi connectivity index (χ2v) is 7.22. The van der Waals surface area contributed by atoms with Crippen molar-refractivity contribution in [1.29, 1.82) is 0 Å². The smallest absolute Gasteiger partial charge is 0.251 e. The Hall–Kier alpha value is -1.84. The molecule has 1 aliphatic heterocycles. The summed E-state index contributed by atoms with van der Waals surface area (Å²) in [7, 11) is 0. The molecule has 2 aromatic rings. The second kappa shape index (κ2) is 8.50. The van der Waals surface area contributed by atoms with Crippen molar-refractivity contribution in [3.63, 3.8) is 0 Å². The molecule has 1 aliphatic rings. The molecule has 25 heavy (non-hydrogen) atoms. The van der Waals surface area contributed by atoms with Crippen molar-refractivity contribution in [2.24, 2.45) is 0 Å². The third-order valence-electron chi connectivity index (χ3n) is 4.77. The zero-order chi connectivity index (χ0) is 17.6. The van der Waals surface area contributed by atoms with Crippen LogP contribution in [0.3, 0.4) is 0 Å². The lowest BCUT2D eigenvalue weighted by atomic mass is 10.1. The first-order valence-corrected chi connectivity index (χ1v) is 9.37. The highest BCUT2D eigenvalue weighted by Gasteiger charge is 2.13. The standard InChI is InChI=1S/C21H25ClN2O/c1-16(19-6-5-7-20(22)14-19)23-21(25)18-10-8-17(9-11-18)15-24-12-3-2-4-13-24/h5-11,14,16H,2-4,12-13,15H2,1H3,(H,23,25). The van der Waals surface area contributed by atoms with Gasteiger partial charge in [0.15, 0.2) is 0 Å². The number of hydrogen-bond acceptors (Lipinski definition) is 2. The minimum Gasteiger partial charge on any atom is -0.346 e. The molecule has 3 nitrogen and oxygen atoms in total. The largest absolute Gasteiger partial charge is 0.346 e. The maximum atomic E-state index is 12.5. The Kier molecular flexibility index (Phi) is 6.11. The van der Waals surface area contributed by atoms with E-state index in [0.29, 0.717) is 10.6 Å². The van der Waals surface area contributed by atoms with Crippen LogP contribution in [0.15, 0.2) is 48.5 Å². The van der Waals surface area contributed by atoms with Crippen molar-refractivity contribution in [2.45, 2.75) is 38.8 Å². The minimum absolute atomic E-state index is 0.0583. The molecule has 2 aromatic carbocycles. The normalized spacial score (nSPS) is 16.4. The quantitative estimate of drug-likeness (QED) is 0.833. The molecule has 0 spiro atoms. The molecule has 1 fully saturated rings. The predicted octanol–water partition coefficient (Wildman–Crippen LogP) is 4.82. The fourth-order valence-electron chi connectivity index (χ4n) is 3.28. The first kappa shape index (κ1) is 18.0. The number of carbonyl (C=O) groups excluding carboxylic acids is 1. The summed E-state index contributed by atoms with van der Waals surface area (Å²) < 4.78 is 0. The van der Waals surface area contributed by atoms with Crippen LogP contribution in [0.25, 0.3) is 0 Å². The van der Waals surface area contributed by atoms with Crippen molar-refractivity contribution < 1.29 is 4.79 Å². The molecule has 0 bridgehead atoms. The third kappa shape index (κ3) is 5.07. The van der Waals surface area contributed by atoms with E-state index in [4.69, 9.17) is 11.6 Å². The molecule has 1 N–H and O–H groups in total. The SMILES string of the molecule is CC(NC(=O)c1ccc(CN2CCCCC2)cc1)c1cccc(Cl)c1. The Morgan fingerprint density at radius 2 is 1.84 bits per heavy atom. The van der Waals surface area contributed by atoms with Gasteiger partial charge in [-0.15, -0.1) is 0 Å². The van der Waals surface area contributed by atoms with Crippen LogP contribution in [-0.2, 0) is 6.54 Å². The first-order valence-electron chi connectivity index (χ1n) is 8.99. The second-order valence-electron chi connectivity index (χ2n) is 6.78. The van der Waals surface area contributed by atoms with Gasteiger partial charge in [-0.05, 0) is 68.2 Å². The lowest BCUT2D eigenvalue weighted by Gasteiger charge is -2.26. The Morgan fingerprint density at radius 1 is 1.12 bits per heavy atom. The number of halogens is 1. The summed E-state index contributed by atoms with van der Waals surface area (Å²) in [6.45, 7) is 5.30. The highest BCUT2D eigenvalue weighted by Crippen LogP contribution is 2.18. The molecule has 0 aliphatic carbocycles. The minimum atomic E-state index is -0.0840. The molecule has 3 rings (SSSR count). The number of piperidine rings is 1. The number of rotatable bonds is 5. The van der Waals surface area contributed by atoms with Gasteiger partial charge in [-0.2, -0.15) is 0 Å². The molecule has 0 aromatic heterocycles. The van der Waals surface area contributed by atoms with Crippen molar-refractivity contribution in [1.82, 2.24) is 10.2 Å². The van der Waals surface area contributed by atoms with Gasteiger partial charge >= 0.3 is 0 Å². The number of likely N-dealkylation sites (tertiary alicyclic amines) is 1. The van der Waals surface area contributed by atoms with Crippen LogP contribution in [-0.4, -0.2) is 23.9 Å². The fourth-order valence-corrected chi connectivity index (χ4v) is 3.48. The summed E-state index contributed by atoms with van der Waals surface area (Å²) in [5.74, 6) is -0.0583. The van der Waals surface area contributed by atoms with Gasteiger partial charge in [0.25, 0.3) is 5.91 Å². The highest BCUT2D eigenvalue weighted by molar-refractivity contribution is 6.30. The summed E-state index contributed by atoms with van der Waals surface area (Å²) in [6, 6.07) is 15.5. The van der Waals surface area contributed by atoms with Gasteiger partial charge in [-0.1, -0.05) is 42.3 Å². The Morgan fingerprint density at radius 3 is 2.52 bits per heavy atom. The van der Waals surface area contributed by atoms with Crippen molar-refractivity contribution in [3.05, 3.63) is 70.2 Å². The zero-order valence-corrected chi connectivity index (χ0v) is 15.4. The molecule has 0 radical (unpaired) electrons. The molecular formula is C21H25ClN2O. The number of nitrogens with one attached hydrogen (secondary N) is 1. The fraction of sp³-hybridized carbons (Fsp3) is 0.381. The van der Waals surface area contributed by atoms with Gasteiger partial charge in [0, 0.05) is 17.1 Å². The summed E-state index contributed by atoms with van der Waals surface area (Å²) in [5, 5.41) is 3.71. The lowest BCUT2D eigenvalue weighted by Crippen LogP contribution is -2.29. The van der Waals surface area contributed by atoms with E-state index in [1.54, 1.807) is 0 Å². The summed E-state index contributed by atoms with van der Waals surface area (Å²) in [4.78, 5) is 14.9. The lowest BCUT2D eigenvalue weighted by molar-refractivity contribution is 0.0940. The summed E-state index contributed by atoms with van der Waals surface area (Å²) in [6.07, 6.45) is 3.93. The average Bonchev–Trinajstić information content (AvgIpc) is 2.63. The van der Waals surface area contributed by atoms with E-state index in [-0.39, 0.29) is 11.9 Å². The monoisotopic (exact) mass is 356 g/mol. The molecule has 132 valence electrons. The molecule has 1 saturated heterocycles. The van der Waals surface area contributed by atoms with Crippen molar-refractivity contribution in [3.8, 4) is 0 Å². The van der Waals surface area contributed by atoms with Crippen LogP contribution in [0.1, 0.15) is 53.7 Å². The third-order valence-corrected chi connectivity index (χ3v) is 5.00. The van der Waals surface area contributed by atoms with E-state index in [9.17, 15) is 4.79 Å². The Balaban J connectivity index is 1.58. The van der Waals surface area contributed by atoms with Gasteiger partial charge < -0.3 is 5.32 Å². The van der Waals surface area contributed by atoms with Crippen LogP contribution in [0.2, 0.25) is 5.02 Å². The van der Waals surface area contributed by atoms with Crippen LogP contribution >= 0.6 is 11.6 Å². The molecule has 1 unspecified atom stereocenters. The zero-order valence-electron chi connectivity index (χ0n) is 14.7. The van der Waals surface area contributed by atoms with Gasteiger partial charge in [-0.3, -0.25) is 9.69 Å². The van der Waals surface area contributed by atoms with Crippen LogP contribution in [0.4, 0.5) is 0 Å². The number of carbonyl (C=O) groups is 1. The number of benzene rings is 2. The summed E-state index contributed by atoms with van der Waals surface area (Å²) >= 11 is 6.02. The van der Waals surface area contributed by atoms with Gasteiger partial charge in [0.2, 0.25) is 0 Å². The van der Waals surface area contributed by atoms with E-state index in [2.05, 4.69) is 22.3 Å². The molecular weight excluding hydrogens is 332 g/mol. The number of amides is 1. The Labute approximate surface area is 155 Å². The van der Waals surface area contributed by atoms with Gasteiger partial charge in [-0.25, -0.2) is 0 Å². The Bertz CT molecular complexity index is 708. The summed E-state index contributed by atoms with van der Waals surface area (Å²) in [5.41, 5.74) is 2.96. The van der Waals surface area contributed by atoms with Gasteiger partial charge in [0.1, 0.15) is 0 Å². The van der Waals surface area contributed by atoms with E-state index in [1.165, 1.54) is 37.9 Å². The van der Waals surface area contributed by atoms with E-state index in [0.717, 1.165) is 12.1 Å². The van der Waals surface area contributed by atoms with Crippen LogP contribution in [0.5, 0.6) is 0 Å².